The number of nitrogens with zero attached hydrogens (tertiary/aromatic N) is 2. The number of aromatic nitrogens is 1. The van der Waals surface area contributed by atoms with E-state index in [1.165, 1.54) is 10.6 Å². The van der Waals surface area contributed by atoms with Gasteiger partial charge in [-0.05, 0) is 23.6 Å². The second-order valence-electron chi connectivity index (χ2n) is 4.09. The van der Waals surface area contributed by atoms with Crippen LogP contribution in [0.25, 0.3) is 5.69 Å². The number of hydrogen-bond acceptors (Lipinski definition) is 4. The molecule has 4 nitrogen and oxygen atoms in total. The zero-order valence-corrected chi connectivity index (χ0v) is 9.81. The Balaban J connectivity index is 1.70. The van der Waals surface area contributed by atoms with Crippen LogP contribution in [0.1, 0.15) is 10.6 Å². The molecule has 0 N–H and O–H groups in total. The van der Waals surface area contributed by atoms with Gasteiger partial charge in [-0.15, -0.1) is 11.3 Å². The summed E-state index contributed by atoms with van der Waals surface area (Å²) in [6.07, 6.45) is 2.29. The Bertz CT molecular complexity index is 553. The Morgan fingerprint density at radius 1 is 1.53 bits per heavy atom. The fraction of sp³-hybridized carbons (Fsp3) is 0.250. The molecule has 2 aromatic heterocycles. The van der Waals surface area contributed by atoms with Gasteiger partial charge in [0.2, 0.25) is 0 Å². The molecule has 0 aliphatic carbocycles. The van der Waals surface area contributed by atoms with Gasteiger partial charge in [-0.25, -0.2) is 0 Å². The molecule has 17 heavy (non-hydrogen) atoms. The molecule has 2 aliphatic rings. The average molecular weight is 246 g/mol. The summed E-state index contributed by atoms with van der Waals surface area (Å²) in [6, 6.07) is 6.19. The van der Waals surface area contributed by atoms with Crippen molar-refractivity contribution < 1.29 is 9.57 Å². The quantitative estimate of drug-likeness (QED) is 0.524. The van der Waals surface area contributed by atoms with Crippen LogP contribution in [0.5, 0.6) is 0 Å². The van der Waals surface area contributed by atoms with Gasteiger partial charge in [0, 0.05) is 6.20 Å². The van der Waals surface area contributed by atoms with E-state index in [1.807, 2.05) is 12.3 Å². The van der Waals surface area contributed by atoms with Crippen LogP contribution in [0.4, 0.5) is 0 Å². The van der Waals surface area contributed by atoms with Crippen molar-refractivity contribution in [3.63, 3.8) is 0 Å². The molecule has 0 amide bonds. The molecule has 5 heteroatoms. The predicted molar refractivity (Wildman–Crippen MR) is 65.0 cm³/mol. The number of thiophene rings is 1. The molecule has 0 saturated carbocycles. The lowest BCUT2D eigenvalue weighted by molar-refractivity contribution is 0.125. The van der Waals surface area contributed by atoms with E-state index in [1.54, 1.807) is 11.3 Å². The van der Waals surface area contributed by atoms with Crippen LogP contribution in [0.2, 0.25) is 0 Å². The van der Waals surface area contributed by atoms with Crippen LogP contribution in [-0.2, 0) is 9.57 Å². The molecule has 86 valence electrons. The lowest BCUT2D eigenvalue weighted by Gasteiger charge is -1.98. The molecule has 0 spiro atoms. The molecule has 4 heterocycles. The molecule has 2 aliphatic heterocycles. The van der Waals surface area contributed by atoms with E-state index in [4.69, 9.17) is 9.57 Å². The maximum absolute atomic E-state index is 5.35. The highest BCUT2D eigenvalue weighted by Gasteiger charge is 2.27. The van der Waals surface area contributed by atoms with Gasteiger partial charge in [0.05, 0.1) is 22.9 Å². The molecular weight excluding hydrogens is 236 g/mol. The number of oxime groups is 1. The van der Waals surface area contributed by atoms with Crippen LogP contribution in [0.3, 0.4) is 0 Å². The summed E-state index contributed by atoms with van der Waals surface area (Å²) in [5.41, 5.74) is 3.23. The summed E-state index contributed by atoms with van der Waals surface area (Å²) in [4.78, 5) is 6.53. The summed E-state index contributed by atoms with van der Waals surface area (Å²) >= 11 is 1.69. The number of fused-ring (bicyclic) bond motifs is 3. The van der Waals surface area contributed by atoms with Crippen molar-refractivity contribution in [3.8, 4) is 5.69 Å². The third-order valence-electron chi connectivity index (χ3n) is 2.93. The van der Waals surface area contributed by atoms with Crippen molar-refractivity contribution in [2.75, 3.05) is 13.2 Å². The lowest BCUT2D eigenvalue weighted by Crippen LogP contribution is -2.02. The number of ether oxygens (including phenoxy) is 1. The van der Waals surface area contributed by atoms with Crippen molar-refractivity contribution in [2.45, 2.75) is 6.10 Å². The van der Waals surface area contributed by atoms with Crippen molar-refractivity contribution in [2.24, 2.45) is 5.16 Å². The van der Waals surface area contributed by atoms with Gasteiger partial charge >= 0.3 is 0 Å². The van der Waals surface area contributed by atoms with E-state index >= 15 is 0 Å². The van der Waals surface area contributed by atoms with Crippen molar-refractivity contribution >= 4 is 17.0 Å². The molecule has 1 unspecified atom stereocenters. The van der Waals surface area contributed by atoms with Gasteiger partial charge in [0.15, 0.2) is 0 Å². The van der Waals surface area contributed by atoms with Gasteiger partial charge in [-0.1, -0.05) is 5.16 Å². The molecule has 0 radical (unpaired) electrons. The highest BCUT2D eigenvalue weighted by Crippen LogP contribution is 2.32. The Hall–Kier alpha value is -1.59. The SMILES string of the molecule is c1cc2n(c1)-c1ccsc1C2=NOCC1CO1. The van der Waals surface area contributed by atoms with E-state index in [2.05, 4.69) is 27.2 Å². The molecule has 1 atom stereocenters. The maximum Gasteiger partial charge on any atom is 0.146 e. The minimum Gasteiger partial charge on any atom is -0.392 e. The fourth-order valence-electron chi connectivity index (χ4n) is 2.01. The van der Waals surface area contributed by atoms with Crippen LogP contribution in [0, 0.1) is 0 Å². The average Bonchev–Trinajstić information content (AvgIpc) is 2.78. The van der Waals surface area contributed by atoms with Crippen LogP contribution in [-0.4, -0.2) is 29.6 Å². The zero-order chi connectivity index (χ0) is 11.2. The summed E-state index contributed by atoms with van der Waals surface area (Å²) in [7, 11) is 0. The van der Waals surface area contributed by atoms with Gasteiger partial charge in [-0.2, -0.15) is 0 Å². The third kappa shape index (κ3) is 1.43. The Morgan fingerprint density at radius 2 is 2.47 bits per heavy atom. The minimum absolute atomic E-state index is 0.246. The first-order valence-electron chi connectivity index (χ1n) is 5.51. The summed E-state index contributed by atoms with van der Waals surface area (Å²) in [5.74, 6) is 0. The monoisotopic (exact) mass is 246 g/mol. The first-order valence-corrected chi connectivity index (χ1v) is 6.39. The normalized spacial score (nSPS) is 22.6. The molecule has 4 rings (SSSR count). The number of epoxide rings is 1. The molecule has 2 aromatic rings. The van der Waals surface area contributed by atoms with E-state index in [-0.39, 0.29) is 6.10 Å². The zero-order valence-electron chi connectivity index (χ0n) is 9.00. The Kier molecular flexibility index (Phi) is 1.92. The second-order valence-corrected chi connectivity index (χ2v) is 5.01. The Morgan fingerprint density at radius 3 is 3.35 bits per heavy atom. The number of rotatable bonds is 3. The maximum atomic E-state index is 5.35. The molecular formula is C12H10N2O2S. The fourth-order valence-corrected chi connectivity index (χ4v) is 2.88. The van der Waals surface area contributed by atoms with Crippen molar-refractivity contribution in [1.82, 2.24) is 4.57 Å². The van der Waals surface area contributed by atoms with E-state index in [0.29, 0.717) is 6.61 Å². The van der Waals surface area contributed by atoms with Crippen LogP contribution >= 0.6 is 11.3 Å². The van der Waals surface area contributed by atoms with Crippen molar-refractivity contribution in [1.29, 1.82) is 0 Å². The van der Waals surface area contributed by atoms with Gasteiger partial charge in [-0.3, -0.25) is 0 Å². The second kappa shape index (κ2) is 3.45. The lowest BCUT2D eigenvalue weighted by atomic mass is 10.2. The van der Waals surface area contributed by atoms with Crippen molar-refractivity contribution in [3.05, 3.63) is 40.3 Å². The molecule has 0 aromatic carbocycles. The summed E-state index contributed by atoms with van der Waals surface area (Å²) < 4.78 is 7.23. The van der Waals surface area contributed by atoms with E-state index in [9.17, 15) is 0 Å². The smallest absolute Gasteiger partial charge is 0.146 e. The summed E-state index contributed by atoms with van der Waals surface area (Å²) in [5, 5.41) is 6.33. The first kappa shape index (κ1) is 9.44. The van der Waals surface area contributed by atoms with Gasteiger partial charge in [0.25, 0.3) is 0 Å². The van der Waals surface area contributed by atoms with Crippen LogP contribution in [0.15, 0.2) is 34.9 Å². The van der Waals surface area contributed by atoms with Crippen LogP contribution < -0.4 is 0 Å². The first-order chi connectivity index (χ1) is 8.43. The highest BCUT2D eigenvalue weighted by atomic mass is 32.1. The molecule has 1 saturated heterocycles. The van der Waals surface area contributed by atoms with E-state index in [0.717, 1.165) is 18.0 Å². The largest absolute Gasteiger partial charge is 0.392 e. The standard InChI is InChI=1S/C12H10N2O2S/c1-2-9-11(13-16-7-8-6-15-8)12-10(3-5-17-12)14(9)4-1/h1-5,8H,6-7H2. The van der Waals surface area contributed by atoms with Gasteiger partial charge < -0.3 is 14.1 Å². The minimum atomic E-state index is 0.246. The number of hydrogen-bond donors (Lipinski definition) is 0. The predicted octanol–water partition coefficient (Wildman–Crippen LogP) is 2.02. The van der Waals surface area contributed by atoms with Gasteiger partial charge in [0.1, 0.15) is 18.4 Å². The Labute approximate surface area is 102 Å². The molecule has 0 bridgehead atoms. The summed E-state index contributed by atoms with van der Waals surface area (Å²) in [6.45, 7) is 1.34. The van der Waals surface area contributed by atoms with E-state index < -0.39 is 0 Å². The third-order valence-corrected chi connectivity index (χ3v) is 3.84. The highest BCUT2D eigenvalue weighted by molar-refractivity contribution is 7.13. The molecule has 1 fully saturated rings. The topological polar surface area (TPSA) is 39.0 Å².